The molecule has 1 unspecified atom stereocenters. The molecule has 2 aromatic carbocycles. The fourth-order valence-corrected chi connectivity index (χ4v) is 3.64. The number of nitrogens with zero attached hydrogens (tertiary/aromatic N) is 2. The minimum absolute atomic E-state index is 0.226. The molecular weight excluding hydrogens is 316 g/mol. The molecule has 5 nitrogen and oxygen atoms in total. The topological polar surface area (TPSA) is 65.7 Å². The lowest BCUT2D eigenvalue weighted by Crippen LogP contribution is -2.43. The first kappa shape index (κ1) is 15.9. The summed E-state index contributed by atoms with van der Waals surface area (Å²) in [7, 11) is 0. The van der Waals surface area contributed by atoms with Gasteiger partial charge in [-0.25, -0.2) is 0 Å². The van der Waals surface area contributed by atoms with Gasteiger partial charge in [-0.15, -0.1) is 0 Å². The third-order valence-corrected chi connectivity index (χ3v) is 5.14. The highest BCUT2D eigenvalue weighted by molar-refractivity contribution is 5.46. The molecule has 1 fully saturated rings. The van der Waals surface area contributed by atoms with E-state index >= 15 is 0 Å². The van der Waals surface area contributed by atoms with E-state index in [1.54, 1.807) is 0 Å². The molecule has 4 rings (SSSR count). The van der Waals surface area contributed by atoms with Crippen molar-refractivity contribution in [2.24, 2.45) is 0 Å². The summed E-state index contributed by atoms with van der Waals surface area (Å²) in [6, 6.07) is 17.5. The zero-order chi connectivity index (χ0) is 17.3. The van der Waals surface area contributed by atoms with Crippen molar-refractivity contribution in [2.45, 2.75) is 24.5 Å². The van der Waals surface area contributed by atoms with Crippen LogP contribution in [-0.4, -0.2) is 29.9 Å². The second-order valence-corrected chi connectivity index (χ2v) is 6.58. The van der Waals surface area contributed by atoms with Crippen molar-refractivity contribution in [3.05, 3.63) is 59.7 Å². The van der Waals surface area contributed by atoms with E-state index in [1.807, 2.05) is 48.5 Å². The molecule has 5 heteroatoms. The van der Waals surface area contributed by atoms with Crippen molar-refractivity contribution < 1.29 is 14.6 Å². The van der Waals surface area contributed by atoms with Gasteiger partial charge in [-0.1, -0.05) is 36.4 Å². The van der Waals surface area contributed by atoms with Crippen LogP contribution in [0.3, 0.4) is 0 Å². The Kier molecular flexibility index (Phi) is 4.08. The lowest BCUT2D eigenvalue weighted by Gasteiger charge is -2.40. The summed E-state index contributed by atoms with van der Waals surface area (Å²) in [5.74, 6) is 1.41. The number of piperidine rings is 1. The lowest BCUT2D eigenvalue weighted by atomic mass is 9.84. The number of aliphatic hydroxyl groups is 1. The summed E-state index contributed by atoms with van der Waals surface area (Å²) in [5, 5.41) is 20.7. The van der Waals surface area contributed by atoms with Gasteiger partial charge >= 0.3 is 0 Å². The maximum atomic E-state index is 11.0. The fourth-order valence-electron chi connectivity index (χ4n) is 3.64. The molecule has 128 valence electrons. The van der Waals surface area contributed by atoms with Gasteiger partial charge in [0.25, 0.3) is 0 Å². The van der Waals surface area contributed by atoms with Gasteiger partial charge in [0.2, 0.25) is 6.79 Å². The van der Waals surface area contributed by atoms with Crippen LogP contribution in [0.4, 0.5) is 0 Å². The van der Waals surface area contributed by atoms with Crippen molar-refractivity contribution in [2.75, 3.05) is 19.9 Å². The quantitative estimate of drug-likeness (QED) is 0.933. The molecule has 0 aromatic heterocycles. The Bertz CT molecular complexity index is 792. The molecule has 0 radical (unpaired) electrons. The minimum atomic E-state index is -0.813. The summed E-state index contributed by atoms with van der Waals surface area (Å²) >= 11 is 0. The smallest absolute Gasteiger partial charge is 0.231 e. The maximum absolute atomic E-state index is 11.0. The molecule has 2 aliphatic heterocycles. The van der Waals surface area contributed by atoms with Crippen LogP contribution in [-0.2, 0) is 5.60 Å². The van der Waals surface area contributed by atoms with E-state index in [1.165, 1.54) is 0 Å². The molecule has 0 saturated carbocycles. The molecule has 1 atom stereocenters. The summed E-state index contributed by atoms with van der Waals surface area (Å²) < 4.78 is 10.8. The molecule has 0 bridgehead atoms. The Labute approximate surface area is 147 Å². The van der Waals surface area contributed by atoms with E-state index in [-0.39, 0.29) is 12.8 Å². The van der Waals surface area contributed by atoms with Gasteiger partial charge in [0.15, 0.2) is 11.5 Å². The SMILES string of the molecule is N#CC(c1ccc2c(c1)OCO2)N1CCC(O)(c2ccccc2)CC1. The van der Waals surface area contributed by atoms with Crippen LogP contribution >= 0.6 is 0 Å². The van der Waals surface area contributed by atoms with Crippen molar-refractivity contribution >= 4 is 0 Å². The standard InChI is InChI=1S/C20H20N2O3/c21-13-17(15-6-7-18-19(12-15)25-14-24-18)22-10-8-20(23,9-11-22)16-4-2-1-3-5-16/h1-7,12,17,23H,8-11,14H2. The molecule has 1 saturated heterocycles. The van der Waals surface area contributed by atoms with Gasteiger partial charge in [0.1, 0.15) is 6.04 Å². The lowest BCUT2D eigenvalue weighted by molar-refractivity contribution is -0.0312. The summed E-state index contributed by atoms with van der Waals surface area (Å²) in [6.45, 7) is 1.56. The molecule has 25 heavy (non-hydrogen) atoms. The van der Waals surface area contributed by atoms with Crippen LogP contribution in [0.2, 0.25) is 0 Å². The third kappa shape index (κ3) is 2.95. The van der Waals surface area contributed by atoms with Crippen molar-refractivity contribution in [1.29, 1.82) is 5.26 Å². The van der Waals surface area contributed by atoms with Crippen molar-refractivity contribution in [3.8, 4) is 17.6 Å². The van der Waals surface area contributed by atoms with Gasteiger partial charge in [-0.2, -0.15) is 5.26 Å². The molecule has 0 spiro atoms. The average Bonchev–Trinajstić information content (AvgIpc) is 3.13. The number of likely N-dealkylation sites (tertiary alicyclic amines) is 1. The Balaban J connectivity index is 1.50. The highest BCUT2D eigenvalue weighted by Crippen LogP contribution is 2.38. The minimum Gasteiger partial charge on any atom is -0.454 e. The van der Waals surface area contributed by atoms with E-state index in [4.69, 9.17) is 9.47 Å². The third-order valence-electron chi connectivity index (χ3n) is 5.14. The molecule has 2 aliphatic rings. The van der Waals surface area contributed by atoms with Crippen LogP contribution < -0.4 is 9.47 Å². The Hall–Kier alpha value is -2.55. The number of benzene rings is 2. The second kappa shape index (κ2) is 6.40. The number of nitriles is 1. The van der Waals surface area contributed by atoms with Crippen LogP contribution in [0.1, 0.15) is 30.0 Å². The Morgan fingerprint density at radius 1 is 1.04 bits per heavy atom. The average molecular weight is 336 g/mol. The van der Waals surface area contributed by atoms with Gasteiger partial charge < -0.3 is 14.6 Å². The number of rotatable bonds is 3. The second-order valence-electron chi connectivity index (χ2n) is 6.58. The first-order valence-corrected chi connectivity index (χ1v) is 8.51. The predicted octanol–water partition coefficient (Wildman–Crippen LogP) is 2.96. The maximum Gasteiger partial charge on any atom is 0.231 e. The van der Waals surface area contributed by atoms with Crippen molar-refractivity contribution in [3.63, 3.8) is 0 Å². The molecule has 2 heterocycles. The number of ether oxygens (including phenoxy) is 2. The van der Waals surface area contributed by atoms with Crippen LogP contribution in [0.25, 0.3) is 0 Å². The van der Waals surface area contributed by atoms with E-state index in [2.05, 4.69) is 11.0 Å². The summed E-state index contributed by atoms with van der Waals surface area (Å²) in [4.78, 5) is 2.12. The van der Waals surface area contributed by atoms with E-state index in [0.29, 0.717) is 31.7 Å². The van der Waals surface area contributed by atoms with Crippen LogP contribution in [0.15, 0.2) is 48.5 Å². The van der Waals surface area contributed by atoms with Gasteiger partial charge in [-0.3, -0.25) is 4.90 Å². The van der Waals surface area contributed by atoms with E-state index in [9.17, 15) is 10.4 Å². The summed E-state index contributed by atoms with van der Waals surface area (Å²) in [5.41, 5.74) is 1.04. The molecule has 0 aliphatic carbocycles. The van der Waals surface area contributed by atoms with Gasteiger partial charge in [0.05, 0.1) is 11.7 Å². The van der Waals surface area contributed by atoms with E-state index < -0.39 is 5.60 Å². The summed E-state index contributed by atoms with van der Waals surface area (Å²) in [6.07, 6.45) is 1.22. The molecule has 1 N–H and O–H groups in total. The normalized spacial score (nSPS) is 20.0. The zero-order valence-electron chi connectivity index (χ0n) is 13.9. The number of hydrogen-bond donors (Lipinski definition) is 1. The predicted molar refractivity (Wildman–Crippen MR) is 92.1 cm³/mol. The molecular formula is C20H20N2O3. The van der Waals surface area contributed by atoms with Crippen LogP contribution in [0, 0.1) is 11.3 Å². The number of fused-ring (bicyclic) bond motifs is 1. The fraction of sp³-hybridized carbons (Fsp3) is 0.350. The van der Waals surface area contributed by atoms with Crippen molar-refractivity contribution in [1.82, 2.24) is 4.90 Å². The number of hydrogen-bond acceptors (Lipinski definition) is 5. The van der Waals surface area contributed by atoms with E-state index in [0.717, 1.165) is 16.9 Å². The van der Waals surface area contributed by atoms with Gasteiger partial charge in [-0.05, 0) is 36.1 Å². The highest BCUT2D eigenvalue weighted by Gasteiger charge is 2.36. The highest BCUT2D eigenvalue weighted by atomic mass is 16.7. The Morgan fingerprint density at radius 3 is 2.48 bits per heavy atom. The largest absolute Gasteiger partial charge is 0.454 e. The van der Waals surface area contributed by atoms with Crippen LogP contribution in [0.5, 0.6) is 11.5 Å². The molecule has 0 amide bonds. The first-order chi connectivity index (χ1) is 12.2. The Morgan fingerprint density at radius 2 is 1.76 bits per heavy atom. The zero-order valence-corrected chi connectivity index (χ0v) is 13.9. The monoisotopic (exact) mass is 336 g/mol. The first-order valence-electron chi connectivity index (χ1n) is 8.51. The molecule has 2 aromatic rings. The van der Waals surface area contributed by atoms with Gasteiger partial charge in [0, 0.05) is 13.1 Å².